The highest BCUT2D eigenvalue weighted by Crippen LogP contribution is 2.40. The van der Waals surface area contributed by atoms with Crippen LogP contribution in [0.5, 0.6) is 11.5 Å². The lowest BCUT2D eigenvalue weighted by Crippen LogP contribution is -2.15. The molecule has 164 valence electrons. The number of pyridine rings is 1. The van der Waals surface area contributed by atoms with Gasteiger partial charge in [0.05, 0.1) is 24.4 Å². The van der Waals surface area contributed by atoms with Gasteiger partial charge in [0.2, 0.25) is 0 Å². The normalized spacial score (nSPS) is 12.1. The summed E-state index contributed by atoms with van der Waals surface area (Å²) in [5.41, 5.74) is 4.85. The summed E-state index contributed by atoms with van der Waals surface area (Å²) in [6, 6.07) is 11.5. The molecule has 0 saturated carbocycles. The van der Waals surface area contributed by atoms with Gasteiger partial charge < -0.3 is 20.7 Å². The number of nitrogens with two attached hydrogens (primary N) is 1. The summed E-state index contributed by atoms with van der Waals surface area (Å²) in [6.07, 6.45) is -5.96. The first kappa shape index (κ1) is 22.7. The molecule has 1 aromatic heterocycles. The Bertz CT molecular complexity index is 1190. The summed E-state index contributed by atoms with van der Waals surface area (Å²) in [6.45, 7) is 6.31. The van der Waals surface area contributed by atoms with Crippen LogP contribution in [0.25, 0.3) is 16.1 Å². The monoisotopic (exact) mass is 443 g/mol. The maximum atomic E-state index is 13.3. The first-order chi connectivity index (χ1) is 15.1. The van der Waals surface area contributed by atoms with Crippen LogP contribution in [0.1, 0.15) is 27.7 Å². The predicted molar refractivity (Wildman–Crippen MR) is 108 cm³/mol. The first-order valence-corrected chi connectivity index (χ1v) is 9.10. The molecule has 0 unspecified atom stereocenters. The molecule has 0 aliphatic rings. The molecule has 0 aliphatic heterocycles. The zero-order valence-electron chi connectivity index (χ0n) is 16.3. The van der Waals surface area contributed by atoms with Crippen molar-refractivity contribution in [1.29, 1.82) is 0 Å². The molecule has 1 atom stereocenters. The van der Waals surface area contributed by atoms with E-state index < -0.39 is 36.1 Å². The molecule has 3 rings (SSSR count). The Kier molecular flexibility index (Phi) is 6.43. The molecule has 0 spiro atoms. The van der Waals surface area contributed by atoms with Crippen LogP contribution < -0.4 is 10.5 Å². The number of ether oxygens (including phenoxy) is 1. The van der Waals surface area contributed by atoms with Crippen LogP contribution in [-0.4, -0.2) is 27.7 Å². The average molecular weight is 443 g/mol. The number of aliphatic hydroxyl groups is 2. The molecule has 1 heterocycles. The Hall–Kier alpha value is -3.94. The number of hydrogen-bond donors (Lipinski definition) is 3. The van der Waals surface area contributed by atoms with Crippen molar-refractivity contribution in [2.75, 3.05) is 6.61 Å². The zero-order chi connectivity index (χ0) is 23.5. The fourth-order valence-corrected chi connectivity index (χ4v) is 2.84. The topological polar surface area (TPSA) is 110 Å². The van der Waals surface area contributed by atoms with Crippen molar-refractivity contribution in [1.82, 2.24) is 4.98 Å². The van der Waals surface area contributed by atoms with Crippen molar-refractivity contribution in [3.63, 3.8) is 0 Å². The molecule has 32 heavy (non-hydrogen) atoms. The molecule has 0 aliphatic carbocycles. The van der Waals surface area contributed by atoms with Gasteiger partial charge in [0, 0.05) is 5.56 Å². The van der Waals surface area contributed by atoms with Crippen molar-refractivity contribution >= 4 is 11.6 Å². The van der Waals surface area contributed by atoms with Crippen molar-refractivity contribution in [2.45, 2.75) is 12.3 Å². The van der Waals surface area contributed by atoms with Gasteiger partial charge in [-0.3, -0.25) is 4.79 Å². The molecule has 7 nitrogen and oxygen atoms in total. The lowest BCUT2D eigenvalue weighted by Gasteiger charge is -2.15. The fraction of sp³-hybridized carbons (Fsp3) is 0.136. The number of aromatic nitrogens is 1. The molecule has 0 radical (unpaired) electrons. The zero-order valence-corrected chi connectivity index (χ0v) is 16.3. The van der Waals surface area contributed by atoms with Gasteiger partial charge in [-0.25, -0.2) is 9.83 Å². The van der Waals surface area contributed by atoms with E-state index in [4.69, 9.17) is 22.1 Å². The van der Waals surface area contributed by atoms with Crippen LogP contribution in [0.2, 0.25) is 0 Å². The van der Waals surface area contributed by atoms with Gasteiger partial charge in [-0.1, -0.05) is 6.07 Å². The number of benzene rings is 2. The summed E-state index contributed by atoms with van der Waals surface area (Å²) in [5.74, 6) is -1.20. The van der Waals surface area contributed by atoms with E-state index in [2.05, 4.69) is 9.83 Å². The third kappa shape index (κ3) is 5.03. The Morgan fingerprint density at radius 1 is 1.16 bits per heavy atom. The molecule has 4 N–H and O–H groups in total. The average Bonchev–Trinajstić information content (AvgIpc) is 2.78. The molecule has 1 amide bonds. The quantitative estimate of drug-likeness (QED) is 0.494. The highest BCUT2D eigenvalue weighted by molar-refractivity contribution is 5.91. The number of nitrogens with zero attached hydrogens (tertiary/aromatic N) is 2. The molecule has 0 saturated heterocycles. The lowest BCUT2D eigenvalue weighted by molar-refractivity contribution is -0.138. The number of alkyl halides is 3. The van der Waals surface area contributed by atoms with E-state index in [1.54, 1.807) is 0 Å². The molecular weight excluding hydrogens is 427 g/mol. The summed E-state index contributed by atoms with van der Waals surface area (Å²) in [4.78, 5) is 18.7. The highest BCUT2D eigenvalue weighted by Gasteiger charge is 2.34. The lowest BCUT2D eigenvalue weighted by atomic mass is 10.0. The summed E-state index contributed by atoms with van der Waals surface area (Å²) in [5, 5.41) is 19.1. The van der Waals surface area contributed by atoms with Crippen molar-refractivity contribution in [2.24, 2.45) is 5.73 Å². The number of carbonyl (C=O) groups excluding carboxylic acids is 1. The Balaban J connectivity index is 1.94. The Morgan fingerprint density at radius 3 is 2.41 bits per heavy atom. The van der Waals surface area contributed by atoms with E-state index in [0.29, 0.717) is 11.6 Å². The number of primary amides is 1. The smallest absolute Gasteiger partial charge is 0.418 e. The molecule has 2 aromatic carbocycles. The molecule has 3 aromatic rings. The highest BCUT2D eigenvalue weighted by atomic mass is 19.4. The van der Waals surface area contributed by atoms with Crippen molar-refractivity contribution < 1.29 is 32.9 Å². The second-order valence-corrected chi connectivity index (χ2v) is 6.65. The van der Waals surface area contributed by atoms with Crippen LogP contribution in [0.3, 0.4) is 0 Å². The second kappa shape index (κ2) is 9.05. The fourth-order valence-electron chi connectivity index (χ4n) is 2.84. The Labute approximate surface area is 180 Å². The van der Waals surface area contributed by atoms with Gasteiger partial charge in [-0.15, -0.1) is 0 Å². The minimum Gasteiger partial charge on any atom is -0.457 e. The maximum Gasteiger partial charge on any atom is 0.418 e. The summed E-state index contributed by atoms with van der Waals surface area (Å²) in [7, 11) is 0. The molecular formula is C22H16F3N3O4. The van der Waals surface area contributed by atoms with Gasteiger partial charge in [0.15, 0.2) is 5.69 Å². The number of halogens is 3. The largest absolute Gasteiger partial charge is 0.457 e. The van der Waals surface area contributed by atoms with Gasteiger partial charge >= 0.3 is 6.18 Å². The minimum atomic E-state index is -4.71. The maximum absolute atomic E-state index is 13.3. The molecule has 0 fully saturated rings. The number of carbonyl (C=O) groups is 1. The van der Waals surface area contributed by atoms with E-state index in [-0.39, 0.29) is 28.4 Å². The van der Waals surface area contributed by atoms with E-state index in [1.165, 1.54) is 42.5 Å². The van der Waals surface area contributed by atoms with E-state index in [9.17, 15) is 23.1 Å². The standard InChI is InChI=1S/C22H16F3N3O4/c1-27-14-4-7-20(16(10-14)22(23,24)25)32-15-5-2-12(3-6-15)17-8-13(19(30)11-29)9-18(28-17)21(26)31/h2-10,19,29-30H,11H2,(H2,26,31)/t19-/m1/s1. The van der Waals surface area contributed by atoms with E-state index in [0.717, 1.165) is 6.07 Å². The van der Waals surface area contributed by atoms with Gasteiger partial charge in [-0.05, 0) is 54.1 Å². The minimum absolute atomic E-state index is 0.0940. The van der Waals surface area contributed by atoms with Gasteiger partial charge in [-0.2, -0.15) is 13.2 Å². The van der Waals surface area contributed by atoms with Gasteiger partial charge in [0.1, 0.15) is 23.3 Å². The number of amides is 1. The molecule has 10 heteroatoms. The number of hydrogen-bond acceptors (Lipinski definition) is 5. The van der Waals surface area contributed by atoms with Crippen LogP contribution in [-0.2, 0) is 6.18 Å². The van der Waals surface area contributed by atoms with Crippen LogP contribution in [0.15, 0.2) is 54.6 Å². The number of aliphatic hydroxyl groups excluding tert-OH is 2. The van der Waals surface area contributed by atoms with Crippen LogP contribution >= 0.6 is 0 Å². The third-order valence-electron chi connectivity index (χ3n) is 4.43. The van der Waals surface area contributed by atoms with Crippen LogP contribution in [0, 0.1) is 6.57 Å². The first-order valence-electron chi connectivity index (χ1n) is 9.10. The third-order valence-corrected chi connectivity index (χ3v) is 4.43. The van der Waals surface area contributed by atoms with Crippen LogP contribution in [0.4, 0.5) is 18.9 Å². The summed E-state index contributed by atoms with van der Waals surface area (Å²) < 4.78 is 45.3. The molecule has 0 bridgehead atoms. The predicted octanol–water partition coefficient (Wildman–Crippen LogP) is 4.24. The second-order valence-electron chi connectivity index (χ2n) is 6.65. The van der Waals surface area contributed by atoms with E-state index in [1.807, 2.05) is 0 Å². The van der Waals surface area contributed by atoms with Crippen molar-refractivity contribution in [3.05, 3.63) is 82.8 Å². The van der Waals surface area contributed by atoms with E-state index >= 15 is 0 Å². The van der Waals surface area contributed by atoms with Gasteiger partial charge in [0.25, 0.3) is 5.91 Å². The Morgan fingerprint density at radius 2 is 1.84 bits per heavy atom. The summed E-state index contributed by atoms with van der Waals surface area (Å²) >= 11 is 0. The van der Waals surface area contributed by atoms with Crippen molar-refractivity contribution in [3.8, 4) is 22.8 Å². The number of rotatable bonds is 6. The SMILES string of the molecule is [C-]#[N+]c1ccc(Oc2ccc(-c3cc([C@H](O)CO)cc(C(N)=O)n3)cc2)c(C(F)(F)F)c1.